The van der Waals surface area contributed by atoms with Gasteiger partial charge in [-0.1, -0.05) is 31.4 Å². The predicted molar refractivity (Wildman–Crippen MR) is 88.1 cm³/mol. The number of hydrogen-bond acceptors (Lipinski definition) is 3. The third-order valence-corrected chi connectivity index (χ3v) is 4.11. The normalized spacial score (nSPS) is 16.4. The Kier molecular flexibility index (Phi) is 6.17. The van der Waals surface area contributed by atoms with E-state index in [-0.39, 0.29) is 17.5 Å². The van der Waals surface area contributed by atoms with Crippen LogP contribution in [0.15, 0.2) is 29.4 Å². The molecular weight excluding hydrogens is 335 g/mol. The van der Waals surface area contributed by atoms with Crippen LogP contribution in [0.3, 0.4) is 0 Å². The maximum Gasteiger partial charge on any atom is 0.471 e. The van der Waals surface area contributed by atoms with E-state index in [4.69, 9.17) is 0 Å². The lowest BCUT2D eigenvalue weighted by molar-refractivity contribution is -0.167. The van der Waals surface area contributed by atoms with E-state index < -0.39 is 12.1 Å². The first-order valence-corrected chi connectivity index (χ1v) is 8.10. The number of hydrogen-bond donors (Lipinski definition) is 2. The number of alkyl halides is 3. The number of hydrazone groups is 1. The molecule has 1 fully saturated rings. The molecule has 1 aromatic rings. The Labute approximate surface area is 143 Å². The van der Waals surface area contributed by atoms with Crippen molar-refractivity contribution in [1.82, 2.24) is 5.43 Å². The Bertz CT molecular complexity index is 665. The van der Waals surface area contributed by atoms with Crippen molar-refractivity contribution in [3.63, 3.8) is 0 Å². The molecule has 0 radical (unpaired) electrons. The van der Waals surface area contributed by atoms with Crippen LogP contribution >= 0.6 is 0 Å². The second-order valence-corrected chi connectivity index (χ2v) is 6.04. The summed E-state index contributed by atoms with van der Waals surface area (Å²) in [4.78, 5) is 23.0. The van der Waals surface area contributed by atoms with Gasteiger partial charge in [0.05, 0.1) is 5.71 Å². The van der Waals surface area contributed by atoms with Crippen molar-refractivity contribution in [2.24, 2.45) is 11.0 Å². The molecule has 0 saturated heterocycles. The van der Waals surface area contributed by atoms with Crippen molar-refractivity contribution >= 4 is 23.2 Å². The fourth-order valence-corrected chi connectivity index (χ4v) is 2.68. The molecule has 5 nitrogen and oxygen atoms in total. The van der Waals surface area contributed by atoms with Gasteiger partial charge in [-0.05, 0) is 37.5 Å². The largest absolute Gasteiger partial charge is 0.471 e. The number of anilines is 1. The van der Waals surface area contributed by atoms with E-state index in [1.165, 1.54) is 18.2 Å². The van der Waals surface area contributed by atoms with Crippen LogP contribution in [-0.2, 0) is 9.59 Å². The minimum absolute atomic E-state index is 0.00739. The summed E-state index contributed by atoms with van der Waals surface area (Å²) in [6, 6.07) is 5.86. The standard InChI is InChI=1S/C17H20F3N3O2/c1-11(22-23-15(24)12-6-3-2-4-7-12)13-8-5-9-14(10-13)21-16(25)17(18,19)20/h5,8-10,12H,2-4,6-7H2,1H3,(H,21,25)(H,23,24). The van der Waals surface area contributed by atoms with Crippen LogP contribution in [-0.4, -0.2) is 23.7 Å². The molecule has 1 aliphatic rings. The Morgan fingerprint density at radius 3 is 2.48 bits per heavy atom. The minimum Gasteiger partial charge on any atom is -0.318 e. The van der Waals surface area contributed by atoms with Gasteiger partial charge in [-0.3, -0.25) is 9.59 Å². The first-order chi connectivity index (χ1) is 11.8. The van der Waals surface area contributed by atoms with E-state index in [1.54, 1.807) is 18.3 Å². The second kappa shape index (κ2) is 8.13. The van der Waals surface area contributed by atoms with Crippen LogP contribution in [0.2, 0.25) is 0 Å². The highest BCUT2D eigenvalue weighted by atomic mass is 19.4. The van der Waals surface area contributed by atoms with Crippen molar-refractivity contribution in [2.75, 3.05) is 5.32 Å². The van der Waals surface area contributed by atoms with Crippen molar-refractivity contribution in [1.29, 1.82) is 0 Å². The molecule has 0 bridgehead atoms. The SMILES string of the molecule is CC(=NNC(=O)C1CCCCC1)c1cccc(NC(=O)C(F)(F)F)c1. The van der Waals surface area contributed by atoms with Crippen LogP contribution in [0, 0.1) is 5.92 Å². The summed E-state index contributed by atoms with van der Waals surface area (Å²) in [7, 11) is 0. The van der Waals surface area contributed by atoms with Crippen molar-refractivity contribution in [3.8, 4) is 0 Å². The van der Waals surface area contributed by atoms with Gasteiger partial charge in [0.1, 0.15) is 0 Å². The Balaban J connectivity index is 2.01. The first kappa shape index (κ1) is 19.0. The maximum absolute atomic E-state index is 12.3. The van der Waals surface area contributed by atoms with Crippen LogP contribution < -0.4 is 10.7 Å². The zero-order valence-corrected chi connectivity index (χ0v) is 13.8. The van der Waals surface area contributed by atoms with Gasteiger partial charge in [0.2, 0.25) is 5.91 Å². The van der Waals surface area contributed by atoms with Crippen molar-refractivity contribution in [2.45, 2.75) is 45.2 Å². The number of carbonyl (C=O) groups excluding carboxylic acids is 2. The highest BCUT2D eigenvalue weighted by molar-refractivity contribution is 6.01. The number of carbonyl (C=O) groups is 2. The molecule has 1 saturated carbocycles. The molecule has 8 heteroatoms. The molecule has 2 rings (SSSR count). The molecular formula is C17H20F3N3O2. The summed E-state index contributed by atoms with van der Waals surface area (Å²) in [5.74, 6) is -2.21. The Hall–Kier alpha value is -2.38. The molecule has 25 heavy (non-hydrogen) atoms. The smallest absolute Gasteiger partial charge is 0.318 e. The maximum atomic E-state index is 12.3. The van der Waals surface area contributed by atoms with Gasteiger partial charge in [-0.15, -0.1) is 0 Å². The molecule has 1 aromatic carbocycles. The van der Waals surface area contributed by atoms with Gasteiger partial charge in [0, 0.05) is 11.6 Å². The molecule has 1 aliphatic carbocycles. The summed E-state index contributed by atoms with van der Waals surface area (Å²) in [6.45, 7) is 1.63. The number of rotatable bonds is 4. The van der Waals surface area contributed by atoms with E-state index in [0.717, 1.165) is 32.1 Å². The summed E-state index contributed by atoms with van der Waals surface area (Å²) >= 11 is 0. The summed E-state index contributed by atoms with van der Waals surface area (Å²) in [6.07, 6.45) is -0.0577. The number of amides is 2. The van der Waals surface area contributed by atoms with E-state index in [0.29, 0.717) is 11.3 Å². The number of nitrogens with one attached hydrogen (secondary N) is 2. The fraction of sp³-hybridized carbons (Fsp3) is 0.471. The van der Waals surface area contributed by atoms with E-state index in [2.05, 4.69) is 10.5 Å². The van der Waals surface area contributed by atoms with Gasteiger partial charge >= 0.3 is 12.1 Å². The Morgan fingerprint density at radius 2 is 1.84 bits per heavy atom. The van der Waals surface area contributed by atoms with Gasteiger partial charge in [0.25, 0.3) is 0 Å². The minimum atomic E-state index is -4.95. The van der Waals surface area contributed by atoms with Crippen molar-refractivity contribution < 1.29 is 22.8 Å². The van der Waals surface area contributed by atoms with E-state index >= 15 is 0 Å². The molecule has 0 unspecified atom stereocenters. The topological polar surface area (TPSA) is 70.6 Å². The van der Waals surface area contributed by atoms with E-state index in [9.17, 15) is 22.8 Å². The summed E-state index contributed by atoms with van der Waals surface area (Å²) in [5.41, 5.74) is 3.47. The zero-order valence-electron chi connectivity index (χ0n) is 13.8. The molecule has 2 amide bonds. The van der Waals surface area contributed by atoms with Crippen LogP contribution in [0.25, 0.3) is 0 Å². The average Bonchev–Trinajstić information content (AvgIpc) is 2.59. The quantitative estimate of drug-likeness (QED) is 0.640. The molecule has 0 atom stereocenters. The molecule has 2 N–H and O–H groups in total. The molecule has 0 aliphatic heterocycles. The monoisotopic (exact) mass is 355 g/mol. The van der Waals surface area contributed by atoms with Crippen molar-refractivity contribution in [3.05, 3.63) is 29.8 Å². The van der Waals surface area contributed by atoms with Crippen LogP contribution in [0.4, 0.5) is 18.9 Å². The fourth-order valence-electron chi connectivity index (χ4n) is 2.68. The number of nitrogens with zero attached hydrogens (tertiary/aromatic N) is 1. The highest BCUT2D eigenvalue weighted by Gasteiger charge is 2.38. The number of benzene rings is 1. The average molecular weight is 355 g/mol. The summed E-state index contributed by atoms with van der Waals surface area (Å²) < 4.78 is 36.9. The first-order valence-electron chi connectivity index (χ1n) is 8.10. The third kappa shape index (κ3) is 5.58. The predicted octanol–water partition coefficient (Wildman–Crippen LogP) is 3.61. The van der Waals surface area contributed by atoms with Gasteiger partial charge in [-0.2, -0.15) is 18.3 Å². The third-order valence-electron chi connectivity index (χ3n) is 4.11. The molecule has 0 spiro atoms. The van der Waals surface area contributed by atoms with Gasteiger partial charge in [-0.25, -0.2) is 5.43 Å². The lowest BCUT2D eigenvalue weighted by Crippen LogP contribution is -2.30. The molecule has 0 heterocycles. The summed E-state index contributed by atoms with van der Waals surface area (Å²) in [5, 5.41) is 5.81. The van der Waals surface area contributed by atoms with E-state index in [1.807, 2.05) is 0 Å². The van der Waals surface area contributed by atoms with Gasteiger partial charge in [0.15, 0.2) is 0 Å². The van der Waals surface area contributed by atoms with Crippen LogP contribution in [0.5, 0.6) is 0 Å². The van der Waals surface area contributed by atoms with Gasteiger partial charge < -0.3 is 5.32 Å². The lowest BCUT2D eigenvalue weighted by atomic mass is 9.89. The highest BCUT2D eigenvalue weighted by Crippen LogP contribution is 2.23. The number of halogens is 3. The lowest BCUT2D eigenvalue weighted by Gasteiger charge is -2.19. The second-order valence-electron chi connectivity index (χ2n) is 6.04. The van der Waals surface area contributed by atoms with Crippen LogP contribution in [0.1, 0.15) is 44.6 Å². The zero-order chi connectivity index (χ0) is 18.4. The molecule has 0 aromatic heterocycles. The Morgan fingerprint density at radius 1 is 1.16 bits per heavy atom. The molecule has 136 valence electrons.